The van der Waals surface area contributed by atoms with Crippen LogP contribution in [0.2, 0.25) is 0 Å². The van der Waals surface area contributed by atoms with Gasteiger partial charge in [-0.1, -0.05) is 24.3 Å². The molecular formula is C18H30N4O2. The molecule has 1 aromatic rings. The lowest BCUT2D eigenvalue weighted by Gasteiger charge is -2.31. The highest BCUT2D eigenvalue weighted by Gasteiger charge is 2.27. The molecule has 0 bridgehead atoms. The maximum Gasteiger partial charge on any atom is 0.315 e. The van der Waals surface area contributed by atoms with E-state index < -0.39 is 11.1 Å². The number of amides is 4. The van der Waals surface area contributed by atoms with Crippen LogP contribution in [-0.2, 0) is 11.1 Å². The molecule has 6 nitrogen and oxygen atoms in total. The molecule has 0 atom stereocenters. The molecule has 1 aromatic carbocycles. The monoisotopic (exact) mass is 334 g/mol. The maximum atomic E-state index is 11.8. The highest BCUT2D eigenvalue weighted by Crippen LogP contribution is 2.26. The molecule has 0 saturated carbocycles. The second-order valence-corrected chi connectivity index (χ2v) is 6.80. The molecule has 24 heavy (non-hydrogen) atoms. The van der Waals surface area contributed by atoms with Crippen LogP contribution in [0.1, 0.15) is 52.7 Å². The van der Waals surface area contributed by atoms with Gasteiger partial charge < -0.3 is 21.3 Å². The van der Waals surface area contributed by atoms with E-state index in [1.807, 2.05) is 65.8 Å². The van der Waals surface area contributed by atoms with Gasteiger partial charge in [-0.2, -0.15) is 0 Å². The third-order valence-corrected chi connectivity index (χ3v) is 3.83. The van der Waals surface area contributed by atoms with Gasteiger partial charge in [-0.15, -0.1) is 0 Å². The summed E-state index contributed by atoms with van der Waals surface area (Å²) in [5.74, 6) is 0. The molecule has 4 N–H and O–H groups in total. The molecule has 0 aromatic heterocycles. The summed E-state index contributed by atoms with van der Waals surface area (Å²) in [5, 5.41) is 11.4. The molecule has 0 spiro atoms. The zero-order chi connectivity index (χ0) is 18.4. The first-order valence-electron chi connectivity index (χ1n) is 8.35. The van der Waals surface area contributed by atoms with Crippen molar-refractivity contribution in [3.63, 3.8) is 0 Å². The fourth-order valence-corrected chi connectivity index (χ4v) is 2.42. The Bertz CT molecular complexity index is 535. The summed E-state index contributed by atoms with van der Waals surface area (Å²) in [6.07, 6.45) is 0. The Morgan fingerprint density at radius 3 is 1.54 bits per heavy atom. The Hall–Kier alpha value is -2.24. The summed E-state index contributed by atoms with van der Waals surface area (Å²) in [6, 6.07) is 7.49. The molecule has 0 unspecified atom stereocenters. The number of benzene rings is 1. The van der Waals surface area contributed by atoms with Crippen molar-refractivity contribution in [2.75, 3.05) is 13.1 Å². The van der Waals surface area contributed by atoms with E-state index in [4.69, 9.17) is 0 Å². The van der Waals surface area contributed by atoms with Gasteiger partial charge in [-0.05, 0) is 52.7 Å². The van der Waals surface area contributed by atoms with Gasteiger partial charge in [0.1, 0.15) is 0 Å². The summed E-state index contributed by atoms with van der Waals surface area (Å²) < 4.78 is 0. The highest BCUT2D eigenvalue weighted by molar-refractivity contribution is 5.75. The van der Waals surface area contributed by atoms with Gasteiger partial charge in [0.05, 0.1) is 11.1 Å². The molecule has 0 heterocycles. The van der Waals surface area contributed by atoms with Gasteiger partial charge in [-0.3, -0.25) is 0 Å². The summed E-state index contributed by atoms with van der Waals surface area (Å²) in [5.41, 5.74) is 0.877. The van der Waals surface area contributed by atoms with Crippen LogP contribution in [0.4, 0.5) is 9.59 Å². The molecule has 0 aliphatic carbocycles. The SMILES string of the molecule is CCNC(=O)NC(C)(C)c1cccc(C(C)(C)NC(=O)NCC)c1. The second kappa shape index (κ2) is 8.04. The molecule has 0 aliphatic heterocycles. The van der Waals surface area contributed by atoms with Crippen molar-refractivity contribution in [1.82, 2.24) is 21.3 Å². The molecule has 0 saturated heterocycles. The van der Waals surface area contributed by atoms with E-state index >= 15 is 0 Å². The molecule has 1 rings (SSSR count). The second-order valence-electron chi connectivity index (χ2n) is 6.80. The number of hydrogen-bond donors (Lipinski definition) is 4. The van der Waals surface area contributed by atoms with Crippen molar-refractivity contribution in [3.8, 4) is 0 Å². The van der Waals surface area contributed by atoms with Crippen LogP contribution in [0.5, 0.6) is 0 Å². The van der Waals surface area contributed by atoms with E-state index in [2.05, 4.69) is 21.3 Å². The summed E-state index contributed by atoms with van der Waals surface area (Å²) >= 11 is 0. The first kappa shape index (κ1) is 19.8. The number of carbonyl (C=O) groups is 2. The first-order chi connectivity index (χ1) is 11.1. The van der Waals surface area contributed by atoms with Crippen LogP contribution in [0.25, 0.3) is 0 Å². The Balaban J connectivity index is 3.00. The molecule has 134 valence electrons. The van der Waals surface area contributed by atoms with Gasteiger partial charge in [0.15, 0.2) is 0 Å². The summed E-state index contributed by atoms with van der Waals surface area (Å²) in [6.45, 7) is 12.7. The van der Waals surface area contributed by atoms with Crippen molar-refractivity contribution in [2.24, 2.45) is 0 Å². The third-order valence-electron chi connectivity index (χ3n) is 3.83. The Kier molecular flexibility index (Phi) is 6.63. The van der Waals surface area contributed by atoms with Gasteiger partial charge in [-0.25, -0.2) is 9.59 Å². The van der Waals surface area contributed by atoms with Crippen molar-refractivity contribution < 1.29 is 9.59 Å². The minimum Gasteiger partial charge on any atom is -0.338 e. The van der Waals surface area contributed by atoms with E-state index in [0.29, 0.717) is 13.1 Å². The predicted octanol–water partition coefficient (Wildman–Crippen LogP) is 2.80. The van der Waals surface area contributed by atoms with Crippen molar-refractivity contribution in [1.29, 1.82) is 0 Å². The fraction of sp³-hybridized carbons (Fsp3) is 0.556. The van der Waals surface area contributed by atoms with Crippen molar-refractivity contribution >= 4 is 12.1 Å². The van der Waals surface area contributed by atoms with Gasteiger partial charge in [0, 0.05) is 13.1 Å². The fourth-order valence-electron chi connectivity index (χ4n) is 2.42. The average molecular weight is 334 g/mol. The van der Waals surface area contributed by atoms with E-state index in [9.17, 15) is 9.59 Å². The number of rotatable bonds is 6. The average Bonchev–Trinajstić information content (AvgIpc) is 2.46. The predicted molar refractivity (Wildman–Crippen MR) is 96.9 cm³/mol. The molecule has 0 fully saturated rings. The smallest absolute Gasteiger partial charge is 0.315 e. The Labute approximate surface area is 144 Å². The van der Waals surface area contributed by atoms with Gasteiger partial charge in [0.25, 0.3) is 0 Å². The zero-order valence-corrected chi connectivity index (χ0v) is 15.5. The molecule has 0 aliphatic rings. The van der Waals surface area contributed by atoms with Gasteiger partial charge in [0.2, 0.25) is 0 Å². The van der Waals surface area contributed by atoms with Crippen LogP contribution >= 0.6 is 0 Å². The van der Waals surface area contributed by atoms with Crippen molar-refractivity contribution in [3.05, 3.63) is 35.4 Å². The molecule has 6 heteroatoms. The lowest BCUT2D eigenvalue weighted by atomic mass is 9.87. The summed E-state index contributed by atoms with van der Waals surface area (Å²) in [4.78, 5) is 23.7. The molecule has 4 amide bonds. The molecular weight excluding hydrogens is 304 g/mol. The number of nitrogens with one attached hydrogen (secondary N) is 4. The largest absolute Gasteiger partial charge is 0.338 e. The normalized spacial score (nSPS) is 11.6. The van der Waals surface area contributed by atoms with Crippen LogP contribution in [-0.4, -0.2) is 25.2 Å². The van der Waals surface area contributed by atoms with E-state index in [1.165, 1.54) is 0 Å². The minimum absolute atomic E-state index is 0.201. The number of carbonyl (C=O) groups excluding carboxylic acids is 2. The van der Waals surface area contributed by atoms with E-state index in [-0.39, 0.29) is 12.1 Å². The van der Waals surface area contributed by atoms with Crippen LogP contribution in [0.15, 0.2) is 24.3 Å². The standard InChI is InChI=1S/C18H30N4O2/c1-7-19-15(23)21-17(3,4)13-10-9-11-14(12-13)18(5,6)22-16(24)20-8-2/h9-12H,7-8H2,1-6H3,(H2,19,21,23)(H2,20,22,24). The molecule has 0 radical (unpaired) electrons. The quantitative estimate of drug-likeness (QED) is 0.645. The van der Waals surface area contributed by atoms with Crippen LogP contribution in [0.3, 0.4) is 0 Å². The zero-order valence-electron chi connectivity index (χ0n) is 15.5. The lowest BCUT2D eigenvalue weighted by molar-refractivity contribution is 0.230. The lowest BCUT2D eigenvalue weighted by Crippen LogP contribution is -2.47. The van der Waals surface area contributed by atoms with E-state index in [0.717, 1.165) is 11.1 Å². The highest BCUT2D eigenvalue weighted by atomic mass is 16.2. The van der Waals surface area contributed by atoms with Crippen LogP contribution < -0.4 is 21.3 Å². The summed E-state index contributed by atoms with van der Waals surface area (Å²) in [7, 11) is 0. The van der Waals surface area contributed by atoms with Crippen molar-refractivity contribution in [2.45, 2.75) is 52.6 Å². The first-order valence-corrected chi connectivity index (χ1v) is 8.35. The third kappa shape index (κ3) is 5.44. The van der Waals surface area contributed by atoms with Crippen LogP contribution in [0, 0.1) is 0 Å². The van der Waals surface area contributed by atoms with Gasteiger partial charge >= 0.3 is 12.1 Å². The maximum absolute atomic E-state index is 11.8. The Morgan fingerprint density at radius 2 is 1.21 bits per heavy atom. The Morgan fingerprint density at radius 1 is 0.833 bits per heavy atom. The number of urea groups is 2. The van der Waals surface area contributed by atoms with E-state index in [1.54, 1.807) is 0 Å². The topological polar surface area (TPSA) is 82.3 Å². The minimum atomic E-state index is -0.531. The number of hydrogen-bond acceptors (Lipinski definition) is 2.